The van der Waals surface area contributed by atoms with Gasteiger partial charge in [0.15, 0.2) is 5.65 Å². The molecule has 0 aliphatic heterocycles. The fourth-order valence-corrected chi connectivity index (χ4v) is 4.30. The van der Waals surface area contributed by atoms with Gasteiger partial charge >= 0.3 is 0 Å². The molecule has 152 valence electrons. The van der Waals surface area contributed by atoms with Crippen LogP contribution in [0.5, 0.6) is 5.88 Å². The predicted molar refractivity (Wildman–Crippen MR) is 120 cm³/mol. The van der Waals surface area contributed by atoms with E-state index in [-0.39, 0.29) is 17.9 Å². The minimum absolute atomic E-state index is 0.216. The maximum Gasteiger partial charge on any atom is 0.218 e. The van der Waals surface area contributed by atoms with Gasteiger partial charge in [0, 0.05) is 20.7 Å². The number of aryl methyl sites for hydroxylation is 1. The van der Waals surface area contributed by atoms with Gasteiger partial charge in [0.1, 0.15) is 17.5 Å². The molecule has 0 saturated heterocycles. The van der Waals surface area contributed by atoms with E-state index in [9.17, 15) is 4.39 Å². The fourth-order valence-electron chi connectivity index (χ4n) is 3.78. The Labute approximate surface area is 182 Å². The summed E-state index contributed by atoms with van der Waals surface area (Å²) >= 11 is 2.00. The van der Waals surface area contributed by atoms with Gasteiger partial charge in [-0.1, -0.05) is 12.1 Å². The summed E-state index contributed by atoms with van der Waals surface area (Å²) in [6.07, 6.45) is 1.81. The molecular formula is C21H23FIN5O. The lowest BCUT2D eigenvalue weighted by Gasteiger charge is -2.33. The molecule has 0 radical (unpaired) electrons. The third-order valence-electron chi connectivity index (χ3n) is 5.40. The molecule has 1 aliphatic carbocycles. The number of methoxy groups -OCH3 is 1. The molecule has 1 saturated carbocycles. The van der Waals surface area contributed by atoms with Crippen LogP contribution in [0, 0.1) is 16.3 Å². The molecule has 3 N–H and O–H groups in total. The summed E-state index contributed by atoms with van der Waals surface area (Å²) in [6.45, 7) is 3.73. The minimum atomic E-state index is -0.273. The topological polar surface area (TPSA) is 86.0 Å². The first-order valence-electron chi connectivity index (χ1n) is 9.56. The standard InChI is InChI=1S/C21H23FIN5O/c1-10(14-5-4-6-17(23)18(14)22)25-19-16-9-15(12-7-13(24)8-12)21(29-3)28-20(16)27-11(2)26-19/h4-6,9-10,12-13H,7-8,24H2,1-3H3,(H,25,26,27,28)/t10-,12?,13?/m1/s1. The van der Waals surface area contributed by atoms with Crippen LogP contribution in [0.4, 0.5) is 10.2 Å². The van der Waals surface area contributed by atoms with Crippen LogP contribution >= 0.6 is 22.6 Å². The number of nitrogens with two attached hydrogens (primary N) is 1. The molecule has 1 aliphatic rings. The second-order valence-electron chi connectivity index (χ2n) is 7.51. The number of ether oxygens (including phenoxy) is 1. The zero-order valence-corrected chi connectivity index (χ0v) is 18.7. The van der Waals surface area contributed by atoms with Crippen molar-refractivity contribution in [1.82, 2.24) is 15.0 Å². The van der Waals surface area contributed by atoms with Crippen molar-refractivity contribution in [2.24, 2.45) is 5.73 Å². The van der Waals surface area contributed by atoms with Crippen molar-refractivity contribution in [3.05, 3.63) is 50.6 Å². The predicted octanol–water partition coefficient (Wildman–Crippen LogP) is 4.46. The Kier molecular flexibility index (Phi) is 5.56. The van der Waals surface area contributed by atoms with Crippen LogP contribution < -0.4 is 15.8 Å². The fraction of sp³-hybridized carbons (Fsp3) is 0.381. The first kappa shape index (κ1) is 20.2. The third kappa shape index (κ3) is 3.87. The molecule has 0 amide bonds. The van der Waals surface area contributed by atoms with E-state index < -0.39 is 0 Å². The normalized spacial score (nSPS) is 19.7. The van der Waals surface area contributed by atoms with Gasteiger partial charge in [-0.3, -0.25) is 0 Å². The van der Waals surface area contributed by atoms with Crippen molar-refractivity contribution in [1.29, 1.82) is 0 Å². The van der Waals surface area contributed by atoms with Gasteiger partial charge < -0.3 is 15.8 Å². The van der Waals surface area contributed by atoms with E-state index in [0.717, 1.165) is 23.8 Å². The van der Waals surface area contributed by atoms with E-state index in [1.807, 2.05) is 48.6 Å². The number of nitrogens with one attached hydrogen (secondary N) is 1. The average Bonchev–Trinajstić information content (AvgIpc) is 2.66. The van der Waals surface area contributed by atoms with Crippen LogP contribution in [0.15, 0.2) is 24.3 Å². The molecule has 0 bridgehead atoms. The van der Waals surface area contributed by atoms with Gasteiger partial charge in [0.2, 0.25) is 5.88 Å². The quantitative estimate of drug-likeness (QED) is 0.496. The molecule has 6 nitrogen and oxygen atoms in total. The molecular weight excluding hydrogens is 484 g/mol. The number of hydrogen-bond donors (Lipinski definition) is 2. The minimum Gasteiger partial charge on any atom is -0.481 e. The Hall–Kier alpha value is -2.07. The van der Waals surface area contributed by atoms with Gasteiger partial charge in [0.05, 0.1) is 18.5 Å². The highest BCUT2D eigenvalue weighted by Crippen LogP contribution is 2.41. The Morgan fingerprint density at radius 2 is 2.03 bits per heavy atom. The van der Waals surface area contributed by atoms with Crippen molar-refractivity contribution >= 4 is 39.4 Å². The second kappa shape index (κ2) is 7.98. The highest BCUT2D eigenvalue weighted by Gasteiger charge is 2.31. The van der Waals surface area contributed by atoms with Gasteiger partial charge in [-0.2, -0.15) is 4.98 Å². The largest absolute Gasteiger partial charge is 0.481 e. The number of halogens is 2. The van der Waals surface area contributed by atoms with E-state index in [4.69, 9.17) is 10.5 Å². The average molecular weight is 507 g/mol. The summed E-state index contributed by atoms with van der Waals surface area (Å²) in [6, 6.07) is 7.38. The van der Waals surface area contributed by atoms with Crippen molar-refractivity contribution in [2.75, 3.05) is 12.4 Å². The summed E-state index contributed by atoms with van der Waals surface area (Å²) in [7, 11) is 1.62. The molecule has 2 aromatic heterocycles. The van der Waals surface area contributed by atoms with Crippen LogP contribution in [0.1, 0.15) is 48.7 Å². The molecule has 8 heteroatoms. The highest BCUT2D eigenvalue weighted by molar-refractivity contribution is 14.1. The van der Waals surface area contributed by atoms with E-state index in [1.165, 1.54) is 0 Å². The summed E-state index contributed by atoms with van der Waals surface area (Å²) < 4.78 is 20.7. The second-order valence-corrected chi connectivity index (χ2v) is 8.68. The summed E-state index contributed by atoms with van der Waals surface area (Å²) in [5.41, 5.74) is 8.15. The molecule has 1 aromatic carbocycles. The summed E-state index contributed by atoms with van der Waals surface area (Å²) in [4.78, 5) is 13.7. The number of nitrogens with zero attached hydrogens (tertiary/aromatic N) is 3. The first-order valence-corrected chi connectivity index (χ1v) is 10.6. The summed E-state index contributed by atoms with van der Waals surface area (Å²) in [5, 5.41) is 4.15. The van der Waals surface area contributed by atoms with Crippen LogP contribution in [0.3, 0.4) is 0 Å². The number of fused-ring (bicyclic) bond motifs is 1. The lowest BCUT2D eigenvalue weighted by atomic mass is 9.76. The Morgan fingerprint density at radius 3 is 2.72 bits per heavy atom. The Balaban J connectivity index is 1.77. The third-order valence-corrected chi connectivity index (χ3v) is 6.23. The Morgan fingerprint density at radius 1 is 1.28 bits per heavy atom. The molecule has 29 heavy (non-hydrogen) atoms. The van der Waals surface area contributed by atoms with Gasteiger partial charge in [-0.05, 0) is 67.3 Å². The van der Waals surface area contributed by atoms with Gasteiger partial charge in [-0.15, -0.1) is 0 Å². The number of aromatic nitrogens is 3. The van der Waals surface area contributed by atoms with Crippen LogP contribution in [-0.2, 0) is 0 Å². The zero-order chi connectivity index (χ0) is 20.7. The molecule has 2 heterocycles. The summed E-state index contributed by atoms with van der Waals surface area (Å²) in [5.74, 6) is 1.90. The van der Waals surface area contributed by atoms with Crippen LogP contribution in [-0.4, -0.2) is 28.1 Å². The van der Waals surface area contributed by atoms with Crippen LogP contribution in [0.25, 0.3) is 11.0 Å². The SMILES string of the molecule is COc1nc2nc(C)nc(N[C@H](C)c3cccc(I)c3F)c2cc1C1CC(N)C1. The highest BCUT2D eigenvalue weighted by atomic mass is 127. The van der Waals surface area contributed by atoms with Crippen LogP contribution in [0.2, 0.25) is 0 Å². The van der Waals surface area contributed by atoms with E-state index in [2.05, 4.69) is 20.3 Å². The number of rotatable bonds is 5. The van der Waals surface area contributed by atoms with Gasteiger partial charge in [0.25, 0.3) is 0 Å². The van der Waals surface area contributed by atoms with Crippen molar-refractivity contribution in [2.45, 2.75) is 44.7 Å². The zero-order valence-electron chi connectivity index (χ0n) is 16.5. The van der Waals surface area contributed by atoms with Crippen molar-refractivity contribution in [3.63, 3.8) is 0 Å². The molecule has 3 aromatic rings. The smallest absolute Gasteiger partial charge is 0.218 e. The van der Waals surface area contributed by atoms with E-state index in [1.54, 1.807) is 19.2 Å². The molecule has 4 rings (SSSR count). The maximum atomic E-state index is 14.6. The molecule has 0 spiro atoms. The first-order chi connectivity index (χ1) is 13.9. The molecule has 0 unspecified atom stereocenters. The number of hydrogen-bond acceptors (Lipinski definition) is 6. The van der Waals surface area contributed by atoms with E-state index >= 15 is 0 Å². The lowest BCUT2D eigenvalue weighted by molar-refractivity contribution is 0.329. The number of pyridine rings is 1. The van der Waals surface area contributed by atoms with Crippen molar-refractivity contribution in [3.8, 4) is 5.88 Å². The number of benzene rings is 1. The Bertz CT molecular complexity index is 1070. The van der Waals surface area contributed by atoms with E-state index in [0.29, 0.717) is 38.2 Å². The number of anilines is 1. The maximum absolute atomic E-state index is 14.6. The van der Waals surface area contributed by atoms with Gasteiger partial charge in [-0.25, -0.2) is 14.4 Å². The molecule has 1 fully saturated rings. The lowest BCUT2D eigenvalue weighted by Crippen LogP contribution is -2.35. The van der Waals surface area contributed by atoms with Crippen molar-refractivity contribution < 1.29 is 9.13 Å². The monoisotopic (exact) mass is 507 g/mol. The molecule has 1 atom stereocenters.